The van der Waals surface area contributed by atoms with Gasteiger partial charge < -0.3 is 9.95 Å². The lowest BCUT2D eigenvalue weighted by atomic mass is 10.2. The van der Waals surface area contributed by atoms with Crippen LogP contribution in [-0.4, -0.2) is 10.3 Å². The minimum atomic E-state index is -0.804. The second-order valence-corrected chi connectivity index (χ2v) is 3.20. The van der Waals surface area contributed by atoms with Crippen molar-refractivity contribution in [1.82, 2.24) is 5.27 Å². The third-order valence-corrected chi connectivity index (χ3v) is 1.92. The number of aryl methyl sites for hydroxylation is 1. The minimum absolute atomic E-state index is 0.0736. The van der Waals surface area contributed by atoms with Gasteiger partial charge in [0.25, 0.3) is 0 Å². The lowest BCUT2D eigenvalue weighted by molar-refractivity contribution is -0.762. The first-order valence-electron chi connectivity index (χ1n) is 4.95. The smallest absolute Gasteiger partial charge is 0.227 e. The molecule has 0 aliphatic rings. The number of unbranched alkanes of at least 4 members (excludes halogenated alkanes) is 3. The second-order valence-electron chi connectivity index (χ2n) is 3.20. The van der Waals surface area contributed by atoms with Gasteiger partial charge in [-0.1, -0.05) is 24.4 Å². The predicted molar refractivity (Wildman–Crippen MR) is 50.9 cm³/mol. The summed E-state index contributed by atoms with van der Waals surface area (Å²) in [5.74, 6) is -0.0736. The van der Waals surface area contributed by atoms with Crippen LogP contribution in [0.2, 0.25) is 0 Å². The van der Waals surface area contributed by atoms with Crippen molar-refractivity contribution in [3.8, 4) is 0 Å². The number of hydrogen-bond acceptors (Lipinski definition) is 4. The molecule has 84 valence electrons. The maximum atomic E-state index is 10.0. The molecule has 0 saturated heterocycles. The standard InChI is InChI=1S/C8H14N4O3/c1-2-3-4-5-6-11-7-8(15-10-11)9-12(13)14/h7H,2-6H2,1H3. The highest BCUT2D eigenvalue weighted by molar-refractivity contribution is 5.24. The zero-order chi connectivity index (χ0) is 11.1. The molecule has 7 nitrogen and oxygen atoms in total. The van der Waals surface area contributed by atoms with Crippen molar-refractivity contribution in [3.05, 3.63) is 21.7 Å². The zero-order valence-corrected chi connectivity index (χ0v) is 8.63. The van der Waals surface area contributed by atoms with Crippen molar-refractivity contribution < 1.29 is 14.2 Å². The molecule has 0 unspecified atom stereocenters. The maximum absolute atomic E-state index is 10.0. The van der Waals surface area contributed by atoms with Gasteiger partial charge in [0, 0.05) is 6.42 Å². The highest BCUT2D eigenvalue weighted by atomic mass is 16.7. The Morgan fingerprint density at radius 3 is 3.07 bits per heavy atom. The molecule has 1 rings (SSSR count). The molecule has 7 heteroatoms. The Labute approximate surface area is 87.2 Å². The Kier molecular flexibility index (Phi) is 4.52. The first kappa shape index (κ1) is 11.4. The quantitative estimate of drug-likeness (QED) is 0.299. The van der Waals surface area contributed by atoms with E-state index in [1.807, 2.05) is 0 Å². The largest absolute Gasteiger partial charge is 0.320 e. The molecule has 0 saturated carbocycles. The Morgan fingerprint density at radius 2 is 2.40 bits per heavy atom. The first-order chi connectivity index (χ1) is 7.22. The second kappa shape index (κ2) is 5.94. The zero-order valence-electron chi connectivity index (χ0n) is 8.63. The molecule has 0 atom stereocenters. The highest BCUT2D eigenvalue weighted by Crippen LogP contribution is 2.12. The molecular weight excluding hydrogens is 200 g/mol. The van der Waals surface area contributed by atoms with E-state index in [1.54, 1.807) is 0 Å². The molecule has 0 spiro atoms. The monoisotopic (exact) mass is 214 g/mol. The van der Waals surface area contributed by atoms with Crippen LogP contribution in [0.4, 0.5) is 5.88 Å². The van der Waals surface area contributed by atoms with Crippen LogP contribution in [0.1, 0.15) is 32.6 Å². The van der Waals surface area contributed by atoms with Gasteiger partial charge in [-0.25, -0.2) is 0 Å². The molecule has 0 fully saturated rings. The van der Waals surface area contributed by atoms with Crippen LogP contribution in [0.5, 0.6) is 0 Å². The molecule has 0 amide bonds. The van der Waals surface area contributed by atoms with Gasteiger partial charge in [0.1, 0.15) is 0 Å². The van der Waals surface area contributed by atoms with E-state index in [-0.39, 0.29) is 5.88 Å². The molecule has 1 aromatic rings. The summed E-state index contributed by atoms with van der Waals surface area (Å²) in [6, 6.07) is 0. The van der Waals surface area contributed by atoms with Crippen molar-refractivity contribution in [1.29, 1.82) is 0 Å². The van der Waals surface area contributed by atoms with E-state index in [1.165, 1.54) is 23.7 Å². The van der Waals surface area contributed by atoms with Crippen molar-refractivity contribution in [2.45, 2.75) is 39.2 Å². The summed E-state index contributed by atoms with van der Waals surface area (Å²) in [4.78, 5) is 10.0. The molecular formula is C8H14N4O3. The fraction of sp³-hybridized carbons (Fsp3) is 0.750. The van der Waals surface area contributed by atoms with Crippen LogP contribution >= 0.6 is 0 Å². The van der Waals surface area contributed by atoms with Gasteiger partial charge in [-0.15, -0.1) is 0 Å². The highest BCUT2D eigenvalue weighted by Gasteiger charge is 2.07. The summed E-state index contributed by atoms with van der Waals surface area (Å²) in [5, 5.41) is 12.8. The number of nitro groups is 1. The molecule has 0 aliphatic carbocycles. The van der Waals surface area contributed by atoms with Crippen LogP contribution in [0.3, 0.4) is 0 Å². The fourth-order valence-corrected chi connectivity index (χ4v) is 1.20. The van der Waals surface area contributed by atoms with Gasteiger partial charge in [0.15, 0.2) is 17.7 Å². The van der Waals surface area contributed by atoms with E-state index >= 15 is 0 Å². The van der Waals surface area contributed by atoms with Crippen LogP contribution < -0.4 is 4.68 Å². The number of rotatable bonds is 7. The van der Waals surface area contributed by atoms with Gasteiger partial charge in [-0.3, -0.25) is 10.1 Å². The number of hydrogen-bond donors (Lipinski definition) is 0. The first-order valence-corrected chi connectivity index (χ1v) is 4.95. The van der Waals surface area contributed by atoms with Crippen LogP contribution in [0.25, 0.3) is 5.43 Å². The lowest BCUT2D eigenvalue weighted by Crippen LogP contribution is -2.34. The summed E-state index contributed by atoms with van der Waals surface area (Å²) in [7, 11) is 0. The Bertz CT molecular complexity index is 313. The molecule has 0 aliphatic heterocycles. The van der Waals surface area contributed by atoms with Gasteiger partial charge in [0.2, 0.25) is 6.20 Å². The molecule has 0 N–H and O–H groups in total. The van der Waals surface area contributed by atoms with Crippen LogP contribution in [-0.2, 0) is 6.54 Å². The van der Waals surface area contributed by atoms with Crippen molar-refractivity contribution >= 4 is 5.88 Å². The Hall–Kier alpha value is -1.66. The number of aromatic nitrogens is 2. The average Bonchev–Trinajstić information content (AvgIpc) is 2.59. The summed E-state index contributed by atoms with van der Waals surface area (Å²) in [6.07, 6.45) is 5.89. The Balaban J connectivity index is 2.29. The Morgan fingerprint density at radius 1 is 1.60 bits per heavy atom. The summed E-state index contributed by atoms with van der Waals surface area (Å²) in [6.45, 7) is 2.84. The summed E-state index contributed by atoms with van der Waals surface area (Å²) >= 11 is 0. The van der Waals surface area contributed by atoms with E-state index in [9.17, 15) is 10.1 Å². The molecule has 0 aromatic carbocycles. The van der Waals surface area contributed by atoms with Crippen LogP contribution in [0, 0.1) is 10.1 Å². The molecule has 0 bridgehead atoms. The SMILES string of the molecule is CCCCCC[n+]1cc([N-][N+](=O)[O-])on1. The molecule has 0 radical (unpaired) electrons. The summed E-state index contributed by atoms with van der Waals surface area (Å²) in [5.41, 5.74) is 3.00. The maximum Gasteiger partial charge on any atom is 0.227 e. The molecule has 1 heterocycles. The van der Waals surface area contributed by atoms with Gasteiger partial charge >= 0.3 is 0 Å². The van der Waals surface area contributed by atoms with E-state index in [4.69, 9.17) is 0 Å². The third-order valence-electron chi connectivity index (χ3n) is 1.92. The van der Waals surface area contributed by atoms with Gasteiger partial charge in [-0.2, -0.15) is 0 Å². The van der Waals surface area contributed by atoms with Crippen molar-refractivity contribution in [3.63, 3.8) is 0 Å². The minimum Gasteiger partial charge on any atom is -0.320 e. The van der Waals surface area contributed by atoms with E-state index in [0.29, 0.717) is 6.54 Å². The number of nitrogens with zero attached hydrogens (tertiary/aromatic N) is 4. The predicted octanol–water partition coefficient (Wildman–Crippen LogP) is 1.74. The van der Waals surface area contributed by atoms with Gasteiger partial charge in [-0.05, 0) is 11.5 Å². The third kappa shape index (κ3) is 4.39. The van der Waals surface area contributed by atoms with Gasteiger partial charge in [0.05, 0.1) is 0 Å². The van der Waals surface area contributed by atoms with E-state index < -0.39 is 5.03 Å². The molecule has 1 aromatic heterocycles. The normalized spacial score (nSPS) is 10.2. The average molecular weight is 214 g/mol. The van der Waals surface area contributed by atoms with E-state index in [0.717, 1.165) is 12.8 Å². The van der Waals surface area contributed by atoms with Crippen molar-refractivity contribution in [2.24, 2.45) is 0 Å². The molecule has 15 heavy (non-hydrogen) atoms. The summed E-state index contributed by atoms with van der Waals surface area (Å²) < 4.78 is 6.16. The topological polar surface area (TPSA) is 87.2 Å². The van der Waals surface area contributed by atoms with Crippen molar-refractivity contribution in [2.75, 3.05) is 0 Å². The van der Waals surface area contributed by atoms with Crippen LogP contribution in [0.15, 0.2) is 10.7 Å². The van der Waals surface area contributed by atoms with E-state index in [2.05, 4.69) is 22.1 Å². The lowest BCUT2D eigenvalue weighted by Gasteiger charge is -1.97. The fourth-order valence-electron chi connectivity index (χ4n) is 1.20.